The lowest BCUT2D eigenvalue weighted by Crippen LogP contribution is -2.54. The number of nitrogens with zero attached hydrogens (tertiary/aromatic N) is 3. The Morgan fingerprint density at radius 2 is 1.92 bits per heavy atom. The number of nitrogens with one attached hydrogen (secondary N) is 1. The first-order valence-electron chi connectivity index (χ1n) is 7.89. The molecular formula is C18H17ClN4O. The van der Waals surface area contributed by atoms with Gasteiger partial charge in [0.2, 0.25) is 0 Å². The molecule has 6 heteroatoms. The summed E-state index contributed by atoms with van der Waals surface area (Å²) in [6.07, 6.45) is 1.86. The number of likely N-dealkylation sites (tertiary alicyclic amines) is 1. The second-order valence-corrected chi connectivity index (χ2v) is 6.42. The van der Waals surface area contributed by atoms with Crippen LogP contribution < -0.4 is 5.32 Å². The van der Waals surface area contributed by atoms with Crippen LogP contribution in [0.3, 0.4) is 0 Å². The highest BCUT2D eigenvalue weighted by atomic mass is 35.5. The van der Waals surface area contributed by atoms with E-state index in [2.05, 4.69) is 20.9 Å². The number of halogens is 1. The van der Waals surface area contributed by atoms with Crippen molar-refractivity contribution in [2.24, 2.45) is 0 Å². The molecule has 1 N–H and O–H groups in total. The van der Waals surface area contributed by atoms with Crippen LogP contribution in [0.1, 0.15) is 11.6 Å². The van der Waals surface area contributed by atoms with E-state index in [1.54, 1.807) is 0 Å². The third-order valence-corrected chi connectivity index (χ3v) is 4.63. The van der Waals surface area contributed by atoms with E-state index in [4.69, 9.17) is 11.6 Å². The van der Waals surface area contributed by atoms with Crippen molar-refractivity contribution < 1.29 is 4.79 Å². The average molecular weight is 341 g/mol. The van der Waals surface area contributed by atoms with Crippen molar-refractivity contribution in [3.05, 3.63) is 65.4 Å². The van der Waals surface area contributed by atoms with Crippen LogP contribution >= 0.6 is 11.6 Å². The number of carbonyl (C=O) groups excluding carboxylic acids is 1. The monoisotopic (exact) mass is 340 g/mol. The lowest BCUT2D eigenvalue weighted by atomic mass is 10.1. The smallest absolute Gasteiger partial charge is 0.317 e. The van der Waals surface area contributed by atoms with E-state index in [0.717, 1.165) is 16.6 Å². The number of carbonyl (C=O) groups is 1. The number of fused-ring (bicyclic) bond motifs is 1. The van der Waals surface area contributed by atoms with Crippen LogP contribution in [-0.2, 0) is 6.54 Å². The summed E-state index contributed by atoms with van der Waals surface area (Å²) in [5.41, 5.74) is 3.14. The largest absolute Gasteiger partial charge is 0.334 e. The van der Waals surface area contributed by atoms with Crippen molar-refractivity contribution in [1.29, 1.82) is 0 Å². The molecule has 24 heavy (non-hydrogen) atoms. The van der Waals surface area contributed by atoms with Crippen LogP contribution in [0, 0.1) is 0 Å². The van der Waals surface area contributed by atoms with Gasteiger partial charge in [-0.3, -0.25) is 0 Å². The molecule has 0 atom stereocenters. The molecule has 2 amide bonds. The first-order valence-corrected chi connectivity index (χ1v) is 8.27. The van der Waals surface area contributed by atoms with Crippen LogP contribution in [-0.4, -0.2) is 33.6 Å². The number of rotatable bonds is 3. The standard InChI is InChI=1S/C18H17ClN4O/c19-14-7-5-13(6-8-14)9-20-18(24)22-10-15(11-22)23-12-21-16-3-1-2-4-17(16)23/h1-8,12,15H,9-11H2,(H,20,24). The molecule has 1 aliphatic rings. The van der Waals surface area contributed by atoms with Gasteiger partial charge in [0.25, 0.3) is 0 Å². The average Bonchev–Trinajstić information content (AvgIpc) is 2.97. The third-order valence-electron chi connectivity index (χ3n) is 4.38. The third kappa shape index (κ3) is 2.83. The predicted molar refractivity (Wildman–Crippen MR) is 94.0 cm³/mol. The number of imidazole rings is 1. The Balaban J connectivity index is 1.33. The van der Waals surface area contributed by atoms with E-state index in [1.807, 2.05) is 53.7 Å². The number of aromatic nitrogens is 2. The molecule has 0 saturated carbocycles. The van der Waals surface area contributed by atoms with Crippen molar-refractivity contribution in [3.8, 4) is 0 Å². The molecule has 2 aromatic carbocycles. The minimum absolute atomic E-state index is 0.0365. The van der Waals surface area contributed by atoms with Crippen LogP contribution in [0.5, 0.6) is 0 Å². The van der Waals surface area contributed by atoms with E-state index in [0.29, 0.717) is 30.7 Å². The quantitative estimate of drug-likeness (QED) is 0.793. The zero-order chi connectivity index (χ0) is 16.5. The van der Waals surface area contributed by atoms with E-state index in [9.17, 15) is 4.79 Å². The summed E-state index contributed by atoms with van der Waals surface area (Å²) in [6, 6.07) is 15.8. The molecule has 3 aromatic rings. The van der Waals surface area contributed by atoms with Gasteiger partial charge in [0.05, 0.1) is 23.4 Å². The maximum Gasteiger partial charge on any atom is 0.317 e. The van der Waals surface area contributed by atoms with Gasteiger partial charge < -0.3 is 14.8 Å². The van der Waals surface area contributed by atoms with Crippen molar-refractivity contribution in [1.82, 2.24) is 19.8 Å². The summed E-state index contributed by atoms with van der Waals surface area (Å²) in [7, 11) is 0. The first kappa shape index (κ1) is 15.0. The second kappa shape index (κ2) is 6.17. The van der Waals surface area contributed by atoms with Crippen molar-refractivity contribution in [2.45, 2.75) is 12.6 Å². The Labute approximate surface area is 144 Å². The fraction of sp³-hybridized carbons (Fsp3) is 0.222. The Kier molecular flexibility index (Phi) is 3.86. The van der Waals surface area contributed by atoms with Crippen LogP contribution in [0.15, 0.2) is 54.9 Å². The highest BCUT2D eigenvalue weighted by Gasteiger charge is 2.32. The normalized spacial score (nSPS) is 14.6. The lowest BCUT2D eigenvalue weighted by molar-refractivity contribution is 0.126. The Hall–Kier alpha value is -2.53. The summed E-state index contributed by atoms with van der Waals surface area (Å²) in [4.78, 5) is 18.4. The zero-order valence-corrected chi connectivity index (χ0v) is 13.8. The van der Waals surface area contributed by atoms with E-state index < -0.39 is 0 Å². The molecular weight excluding hydrogens is 324 g/mol. The number of hydrogen-bond donors (Lipinski definition) is 1. The molecule has 1 aromatic heterocycles. The fourth-order valence-corrected chi connectivity index (χ4v) is 3.08. The summed E-state index contributed by atoms with van der Waals surface area (Å²) >= 11 is 5.86. The van der Waals surface area contributed by atoms with Gasteiger partial charge in [-0.05, 0) is 29.8 Å². The minimum atomic E-state index is -0.0365. The summed E-state index contributed by atoms with van der Waals surface area (Å²) in [5, 5.41) is 3.64. The molecule has 2 heterocycles. The molecule has 4 rings (SSSR count). The molecule has 0 bridgehead atoms. The van der Waals surface area contributed by atoms with Crippen molar-refractivity contribution in [2.75, 3.05) is 13.1 Å². The fourth-order valence-electron chi connectivity index (χ4n) is 2.96. The maximum absolute atomic E-state index is 12.2. The van der Waals surface area contributed by atoms with Gasteiger partial charge in [0.15, 0.2) is 0 Å². The highest BCUT2D eigenvalue weighted by molar-refractivity contribution is 6.30. The second-order valence-electron chi connectivity index (χ2n) is 5.98. The molecule has 0 radical (unpaired) electrons. The molecule has 1 fully saturated rings. The summed E-state index contributed by atoms with van der Waals surface area (Å²) < 4.78 is 2.15. The van der Waals surface area contributed by atoms with E-state index in [1.165, 1.54) is 0 Å². The maximum atomic E-state index is 12.2. The van der Waals surface area contributed by atoms with Gasteiger partial charge in [-0.2, -0.15) is 0 Å². The Morgan fingerprint density at radius 1 is 1.17 bits per heavy atom. The van der Waals surface area contributed by atoms with Gasteiger partial charge in [0.1, 0.15) is 0 Å². The Morgan fingerprint density at radius 3 is 2.71 bits per heavy atom. The number of benzene rings is 2. The molecule has 0 unspecified atom stereocenters. The first-order chi connectivity index (χ1) is 11.7. The van der Waals surface area contributed by atoms with Crippen molar-refractivity contribution in [3.63, 3.8) is 0 Å². The number of urea groups is 1. The van der Waals surface area contributed by atoms with Gasteiger partial charge in [0, 0.05) is 24.7 Å². The molecule has 0 spiro atoms. The minimum Gasteiger partial charge on any atom is -0.334 e. The molecule has 1 aliphatic heterocycles. The molecule has 5 nitrogen and oxygen atoms in total. The predicted octanol–water partition coefficient (Wildman–Crippen LogP) is 3.46. The van der Waals surface area contributed by atoms with Crippen LogP contribution in [0.4, 0.5) is 4.79 Å². The summed E-state index contributed by atoms with van der Waals surface area (Å²) in [6.45, 7) is 1.91. The topological polar surface area (TPSA) is 50.2 Å². The van der Waals surface area contributed by atoms with E-state index in [-0.39, 0.29) is 6.03 Å². The molecule has 0 aliphatic carbocycles. The Bertz CT molecular complexity index is 868. The highest BCUT2D eigenvalue weighted by Crippen LogP contribution is 2.25. The van der Waals surface area contributed by atoms with Gasteiger partial charge in [-0.1, -0.05) is 35.9 Å². The molecule has 122 valence electrons. The van der Waals surface area contributed by atoms with Crippen LogP contribution in [0.2, 0.25) is 5.02 Å². The summed E-state index contributed by atoms with van der Waals surface area (Å²) in [5.74, 6) is 0. The van der Waals surface area contributed by atoms with E-state index >= 15 is 0 Å². The SMILES string of the molecule is O=C(NCc1ccc(Cl)cc1)N1CC(n2cnc3ccccc32)C1. The number of para-hydroxylation sites is 2. The molecule has 1 saturated heterocycles. The number of amides is 2. The van der Waals surface area contributed by atoms with Gasteiger partial charge >= 0.3 is 6.03 Å². The van der Waals surface area contributed by atoms with Crippen molar-refractivity contribution >= 4 is 28.7 Å². The lowest BCUT2D eigenvalue weighted by Gasteiger charge is -2.40. The van der Waals surface area contributed by atoms with Gasteiger partial charge in [-0.15, -0.1) is 0 Å². The zero-order valence-electron chi connectivity index (χ0n) is 13.0. The van der Waals surface area contributed by atoms with Crippen LogP contribution in [0.25, 0.3) is 11.0 Å². The van der Waals surface area contributed by atoms with Gasteiger partial charge in [-0.25, -0.2) is 9.78 Å². The number of hydrogen-bond acceptors (Lipinski definition) is 2.